The number of carbonyl (C=O) groups excluding carboxylic acids is 1. The van der Waals surface area contributed by atoms with Gasteiger partial charge in [0.1, 0.15) is 13.2 Å². The predicted molar refractivity (Wildman–Crippen MR) is 121 cm³/mol. The number of carbonyl (C=O) groups is 1. The molecule has 0 fully saturated rings. The van der Waals surface area contributed by atoms with Crippen molar-refractivity contribution in [3.63, 3.8) is 0 Å². The van der Waals surface area contributed by atoms with Gasteiger partial charge in [-0.3, -0.25) is 14.3 Å². The molecule has 7 nitrogen and oxygen atoms in total. The van der Waals surface area contributed by atoms with Gasteiger partial charge in [-0.1, -0.05) is 42.1 Å². The summed E-state index contributed by atoms with van der Waals surface area (Å²) in [4.78, 5) is 17.1. The van der Waals surface area contributed by atoms with Crippen LogP contribution < -0.4 is 9.47 Å². The highest BCUT2D eigenvalue weighted by molar-refractivity contribution is 7.99. The molecule has 0 N–H and O–H groups in total. The summed E-state index contributed by atoms with van der Waals surface area (Å²) in [6.07, 6.45) is 3.49. The Morgan fingerprint density at radius 1 is 0.969 bits per heavy atom. The summed E-state index contributed by atoms with van der Waals surface area (Å²) >= 11 is 1.37. The molecule has 1 aliphatic heterocycles. The van der Waals surface area contributed by atoms with Gasteiger partial charge in [0.05, 0.1) is 12.3 Å². The number of aromatic nitrogens is 4. The molecule has 0 saturated heterocycles. The molecule has 160 valence electrons. The number of hydrogen-bond donors (Lipinski definition) is 0. The summed E-state index contributed by atoms with van der Waals surface area (Å²) in [6, 6.07) is 19.2. The van der Waals surface area contributed by atoms with Crippen LogP contribution in [0.3, 0.4) is 0 Å². The van der Waals surface area contributed by atoms with Crippen molar-refractivity contribution in [3.8, 4) is 22.9 Å². The number of thioether (sulfide) groups is 1. The lowest BCUT2D eigenvalue weighted by Crippen LogP contribution is -2.16. The van der Waals surface area contributed by atoms with Gasteiger partial charge in [-0.15, -0.1) is 10.2 Å². The number of hydrogen-bond acceptors (Lipinski definition) is 7. The van der Waals surface area contributed by atoms with Gasteiger partial charge in [0, 0.05) is 23.5 Å². The Labute approximate surface area is 189 Å². The van der Waals surface area contributed by atoms with E-state index in [1.807, 2.05) is 34.9 Å². The fraction of sp³-hybridized carbons (Fsp3) is 0.167. The second-order valence-electron chi connectivity index (χ2n) is 7.19. The van der Waals surface area contributed by atoms with E-state index in [1.54, 1.807) is 30.6 Å². The highest BCUT2D eigenvalue weighted by atomic mass is 32.2. The zero-order valence-corrected chi connectivity index (χ0v) is 18.0. The molecule has 3 heterocycles. The average Bonchev–Trinajstić information content (AvgIpc) is 3.25. The van der Waals surface area contributed by atoms with Gasteiger partial charge in [-0.2, -0.15) is 0 Å². The molecule has 0 amide bonds. The SMILES string of the molecule is O=C(CSc1nnc(-c2cccnc2)n1Cc1ccccc1)c1ccc2c(c1)OCCO2. The maximum absolute atomic E-state index is 12.9. The molecule has 2 aromatic carbocycles. The minimum atomic E-state index is -0.0100. The quantitative estimate of drug-likeness (QED) is 0.313. The number of fused-ring (bicyclic) bond motifs is 1. The Bertz CT molecular complexity index is 1230. The zero-order valence-electron chi connectivity index (χ0n) is 17.2. The molecule has 8 heteroatoms. The van der Waals surface area contributed by atoms with Crippen molar-refractivity contribution in [2.75, 3.05) is 19.0 Å². The lowest BCUT2D eigenvalue weighted by Gasteiger charge is -2.18. The topological polar surface area (TPSA) is 79.1 Å². The van der Waals surface area contributed by atoms with Crippen molar-refractivity contribution in [1.82, 2.24) is 19.7 Å². The predicted octanol–water partition coefficient (Wildman–Crippen LogP) is 4.13. The molecule has 2 aromatic heterocycles. The van der Waals surface area contributed by atoms with Crippen LogP contribution in [0.25, 0.3) is 11.4 Å². The lowest BCUT2D eigenvalue weighted by atomic mass is 10.1. The zero-order chi connectivity index (χ0) is 21.8. The fourth-order valence-electron chi connectivity index (χ4n) is 3.44. The standard InChI is InChI=1S/C24H20N4O3S/c29-20(18-8-9-21-22(13-18)31-12-11-30-21)16-32-24-27-26-23(19-7-4-10-25-14-19)28(24)15-17-5-2-1-3-6-17/h1-10,13-14H,11-12,15-16H2. The number of ether oxygens (including phenoxy) is 2. The number of benzene rings is 2. The second-order valence-corrected chi connectivity index (χ2v) is 8.13. The van der Waals surface area contributed by atoms with Gasteiger partial charge in [-0.05, 0) is 35.9 Å². The molecule has 0 atom stereocenters. The lowest BCUT2D eigenvalue weighted by molar-refractivity contribution is 0.102. The first kappa shape index (κ1) is 20.3. The highest BCUT2D eigenvalue weighted by Gasteiger charge is 2.19. The van der Waals surface area contributed by atoms with E-state index in [1.165, 1.54) is 11.8 Å². The molecular weight excluding hydrogens is 424 g/mol. The van der Waals surface area contributed by atoms with Crippen molar-refractivity contribution in [2.24, 2.45) is 0 Å². The van der Waals surface area contributed by atoms with Crippen LogP contribution in [-0.2, 0) is 6.54 Å². The Kier molecular flexibility index (Phi) is 5.85. The molecule has 5 rings (SSSR count). The normalized spacial score (nSPS) is 12.5. The van der Waals surface area contributed by atoms with Crippen LogP contribution in [-0.4, -0.2) is 44.5 Å². The third-order valence-corrected chi connectivity index (χ3v) is 5.98. The first-order valence-corrected chi connectivity index (χ1v) is 11.2. The van der Waals surface area contributed by atoms with Crippen LogP contribution in [0.4, 0.5) is 0 Å². The Balaban J connectivity index is 1.38. The van der Waals surface area contributed by atoms with E-state index < -0.39 is 0 Å². The molecule has 0 spiro atoms. The van der Waals surface area contributed by atoms with E-state index in [4.69, 9.17) is 9.47 Å². The van der Waals surface area contributed by atoms with Gasteiger partial charge < -0.3 is 9.47 Å². The number of nitrogens with zero attached hydrogens (tertiary/aromatic N) is 4. The molecule has 32 heavy (non-hydrogen) atoms. The van der Waals surface area contributed by atoms with Crippen LogP contribution in [0, 0.1) is 0 Å². The molecule has 0 aliphatic carbocycles. The van der Waals surface area contributed by atoms with Crippen LogP contribution in [0.15, 0.2) is 78.2 Å². The van der Waals surface area contributed by atoms with Crippen molar-refractivity contribution in [2.45, 2.75) is 11.7 Å². The third kappa shape index (κ3) is 4.36. The van der Waals surface area contributed by atoms with E-state index in [0.717, 1.165) is 17.0 Å². The fourth-order valence-corrected chi connectivity index (χ4v) is 4.28. The van der Waals surface area contributed by atoms with Crippen LogP contribution in [0.5, 0.6) is 11.5 Å². The summed E-state index contributed by atoms with van der Waals surface area (Å²) in [5.74, 6) is 2.22. The summed E-state index contributed by atoms with van der Waals surface area (Å²) in [7, 11) is 0. The number of rotatable bonds is 7. The number of pyridine rings is 1. The largest absolute Gasteiger partial charge is 0.486 e. The Hall–Kier alpha value is -3.65. The molecule has 4 aromatic rings. The molecular formula is C24H20N4O3S. The van der Waals surface area contributed by atoms with Crippen molar-refractivity contribution in [1.29, 1.82) is 0 Å². The number of ketones is 1. The Morgan fingerprint density at radius 2 is 1.81 bits per heavy atom. The highest BCUT2D eigenvalue weighted by Crippen LogP contribution is 2.32. The van der Waals surface area contributed by atoms with Gasteiger partial charge in [0.2, 0.25) is 0 Å². The van der Waals surface area contributed by atoms with E-state index in [0.29, 0.717) is 42.0 Å². The van der Waals surface area contributed by atoms with E-state index in [-0.39, 0.29) is 11.5 Å². The monoisotopic (exact) mass is 444 g/mol. The molecule has 0 radical (unpaired) electrons. The summed E-state index contributed by atoms with van der Waals surface area (Å²) < 4.78 is 13.2. The minimum Gasteiger partial charge on any atom is -0.486 e. The second kappa shape index (κ2) is 9.23. The van der Waals surface area contributed by atoms with Crippen molar-refractivity contribution in [3.05, 3.63) is 84.2 Å². The van der Waals surface area contributed by atoms with E-state index in [2.05, 4.69) is 27.3 Å². The molecule has 0 bridgehead atoms. The smallest absolute Gasteiger partial charge is 0.192 e. The van der Waals surface area contributed by atoms with Crippen LogP contribution >= 0.6 is 11.8 Å². The first-order chi connectivity index (χ1) is 15.8. The summed E-state index contributed by atoms with van der Waals surface area (Å²) in [6.45, 7) is 1.60. The van der Waals surface area contributed by atoms with Gasteiger partial charge in [-0.25, -0.2) is 0 Å². The summed E-state index contributed by atoms with van der Waals surface area (Å²) in [5, 5.41) is 9.45. The van der Waals surface area contributed by atoms with Crippen LogP contribution in [0.2, 0.25) is 0 Å². The molecule has 0 saturated carbocycles. The Morgan fingerprint density at radius 3 is 2.62 bits per heavy atom. The van der Waals surface area contributed by atoms with Gasteiger partial charge >= 0.3 is 0 Å². The van der Waals surface area contributed by atoms with E-state index in [9.17, 15) is 4.79 Å². The molecule has 1 aliphatic rings. The third-order valence-electron chi connectivity index (χ3n) is 5.02. The minimum absolute atomic E-state index is 0.0100. The van der Waals surface area contributed by atoms with Gasteiger partial charge in [0.15, 0.2) is 28.3 Å². The van der Waals surface area contributed by atoms with Gasteiger partial charge in [0.25, 0.3) is 0 Å². The van der Waals surface area contributed by atoms with E-state index >= 15 is 0 Å². The first-order valence-electron chi connectivity index (χ1n) is 10.2. The van der Waals surface area contributed by atoms with Crippen molar-refractivity contribution < 1.29 is 14.3 Å². The summed E-state index contributed by atoms with van der Waals surface area (Å²) in [5.41, 5.74) is 2.58. The average molecular weight is 445 g/mol. The number of Topliss-reactive ketones (excluding diaryl/α,β-unsaturated/α-hetero) is 1. The van der Waals surface area contributed by atoms with Crippen molar-refractivity contribution >= 4 is 17.5 Å². The molecule has 0 unspecified atom stereocenters. The maximum atomic E-state index is 12.9. The maximum Gasteiger partial charge on any atom is 0.192 e. The van der Waals surface area contributed by atoms with Crippen LogP contribution in [0.1, 0.15) is 15.9 Å².